The van der Waals surface area contributed by atoms with Crippen molar-refractivity contribution in [3.63, 3.8) is 0 Å². The molecule has 0 radical (unpaired) electrons. The second-order valence-corrected chi connectivity index (χ2v) is 7.74. The van der Waals surface area contributed by atoms with Crippen LogP contribution in [-0.2, 0) is 4.74 Å². The van der Waals surface area contributed by atoms with Gasteiger partial charge >= 0.3 is 6.18 Å². The monoisotopic (exact) mass is 386 g/mol. The van der Waals surface area contributed by atoms with Gasteiger partial charge in [-0.1, -0.05) is 0 Å². The summed E-state index contributed by atoms with van der Waals surface area (Å²) >= 11 is 0. The molecule has 0 amide bonds. The van der Waals surface area contributed by atoms with Crippen LogP contribution >= 0.6 is 0 Å². The third-order valence-electron chi connectivity index (χ3n) is 6.01. The number of halogens is 3. The van der Waals surface area contributed by atoms with Crippen molar-refractivity contribution in [3.05, 3.63) is 17.8 Å². The van der Waals surface area contributed by atoms with Gasteiger partial charge in [-0.05, 0) is 44.7 Å². The maximum absolute atomic E-state index is 13.3. The molecule has 1 aromatic rings. The molecule has 5 nitrogen and oxygen atoms in total. The molecule has 8 heteroatoms. The quantitative estimate of drug-likeness (QED) is 0.828. The van der Waals surface area contributed by atoms with Crippen molar-refractivity contribution in [1.29, 1.82) is 0 Å². The molecule has 1 saturated carbocycles. The van der Waals surface area contributed by atoms with E-state index in [1.807, 2.05) is 24.0 Å². The first-order valence-corrected chi connectivity index (χ1v) is 9.61. The average Bonchev–Trinajstić information content (AvgIpc) is 2.64. The number of anilines is 2. The lowest BCUT2D eigenvalue weighted by molar-refractivity contribution is -0.276. The Balaban J connectivity index is 1.63. The number of piperidine rings is 1. The largest absolute Gasteiger partial charge is 0.417 e. The SMILES string of the molecule is COC1(C(F)(F)F)CCN(c2ccc(NC3CCC(N)CC3)c(C)n2)CC1. The number of pyridine rings is 1. The Kier molecular flexibility index (Phi) is 5.86. The molecule has 1 saturated heterocycles. The minimum Gasteiger partial charge on any atom is -0.381 e. The van der Waals surface area contributed by atoms with Crippen LogP contribution in [-0.4, -0.2) is 49.0 Å². The summed E-state index contributed by atoms with van der Waals surface area (Å²) in [5, 5.41) is 3.54. The van der Waals surface area contributed by atoms with E-state index in [1.165, 1.54) is 0 Å². The Bertz CT molecular complexity index is 636. The lowest BCUT2D eigenvalue weighted by Gasteiger charge is -2.42. The minimum atomic E-state index is -4.35. The molecule has 0 spiro atoms. The molecule has 27 heavy (non-hydrogen) atoms. The summed E-state index contributed by atoms with van der Waals surface area (Å²) in [4.78, 5) is 6.53. The van der Waals surface area contributed by atoms with Gasteiger partial charge in [0, 0.05) is 45.1 Å². The molecule has 0 atom stereocenters. The van der Waals surface area contributed by atoms with Crippen LogP contribution < -0.4 is 16.0 Å². The first kappa shape index (κ1) is 20.2. The molecule has 2 heterocycles. The van der Waals surface area contributed by atoms with Crippen molar-refractivity contribution in [2.75, 3.05) is 30.4 Å². The highest BCUT2D eigenvalue weighted by Crippen LogP contribution is 2.41. The van der Waals surface area contributed by atoms with E-state index in [9.17, 15) is 13.2 Å². The maximum Gasteiger partial charge on any atom is 0.417 e. The summed E-state index contributed by atoms with van der Waals surface area (Å²) in [6.45, 7) is 2.47. The number of ether oxygens (including phenoxy) is 1. The summed E-state index contributed by atoms with van der Waals surface area (Å²) in [6.07, 6.45) is -0.386. The molecule has 1 aromatic heterocycles. The molecule has 152 valence electrons. The minimum absolute atomic E-state index is 0.0872. The van der Waals surface area contributed by atoms with Gasteiger partial charge in [-0.2, -0.15) is 13.2 Å². The first-order chi connectivity index (χ1) is 12.7. The zero-order chi connectivity index (χ0) is 19.7. The van der Waals surface area contributed by atoms with Gasteiger partial charge in [0.25, 0.3) is 0 Å². The highest BCUT2D eigenvalue weighted by molar-refractivity contribution is 5.54. The van der Waals surface area contributed by atoms with Crippen LogP contribution in [0.4, 0.5) is 24.7 Å². The topological polar surface area (TPSA) is 63.4 Å². The molecule has 0 aromatic carbocycles. The fraction of sp³-hybridized carbons (Fsp3) is 0.737. The number of hydrogen-bond donors (Lipinski definition) is 2. The molecule has 0 unspecified atom stereocenters. The lowest BCUT2D eigenvalue weighted by Crippen LogP contribution is -2.54. The van der Waals surface area contributed by atoms with Gasteiger partial charge in [-0.15, -0.1) is 0 Å². The summed E-state index contributed by atoms with van der Waals surface area (Å²) in [5.41, 5.74) is 5.76. The predicted molar refractivity (Wildman–Crippen MR) is 100 cm³/mol. The van der Waals surface area contributed by atoms with Gasteiger partial charge in [-0.3, -0.25) is 0 Å². The van der Waals surface area contributed by atoms with Crippen LogP contribution in [0.3, 0.4) is 0 Å². The van der Waals surface area contributed by atoms with Crippen LogP contribution in [0.5, 0.6) is 0 Å². The number of aromatic nitrogens is 1. The average molecular weight is 386 g/mol. The van der Waals surface area contributed by atoms with Crippen molar-refractivity contribution in [2.45, 2.75) is 69.3 Å². The molecule has 1 aliphatic carbocycles. The normalized spacial score (nSPS) is 26.1. The standard InChI is InChI=1S/C19H29F3N4O/c1-13-16(25-15-5-3-14(23)4-6-15)7-8-17(24-13)26-11-9-18(27-2,10-12-26)19(20,21)22/h7-8,14-15,25H,3-6,9-12,23H2,1-2H3. The molecular weight excluding hydrogens is 357 g/mol. The van der Waals surface area contributed by atoms with Gasteiger partial charge in [0.15, 0.2) is 5.60 Å². The molecule has 0 bridgehead atoms. The van der Waals surface area contributed by atoms with E-state index in [2.05, 4.69) is 10.3 Å². The zero-order valence-corrected chi connectivity index (χ0v) is 16.0. The second-order valence-electron chi connectivity index (χ2n) is 7.74. The number of aryl methyl sites for hydroxylation is 1. The van der Waals surface area contributed by atoms with E-state index in [-0.39, 0.29) is 25.9 Å². The summed E-state index contributed by atoms with van der Waals surface area (Å²) in [5.74, 6) is 0.718. The summed E-state index contributed by atoms with van der Waals surface area (Å²) in [7, 11) is 1.14. The molecular formula is C19H29F3N4O. The van der Waals surface area contributed by atoms with E-state index in [0.717, 1.165) is 50.0 Å². The van der Waals surface area contributed by atoms with Gasteiger partial charge in [0.1, 0.15) is 5.82 Å². The van der Waals surface area contributed by atoms with Crippen LogP contribution in [0.1, 0.15) is 44.2 Å². The van der Waals surface area contributed by atoms with E-state index in [0.29, 0.717) is 12.1 Å². The van der Waals surface area contributed by atoms with E-state index >= 15 is 0 Å². The highest BCUT2D eigenvalue weighted by atomic mass is 19.4. The first-order valence-electron chi connectivity index (χ1n) is 9.61. The lowest BCUT2D eigenvalue weighted by atomic mass is 9.90. The fourth-order valence-electron chi connectivity index (χ4n) is 4.06. The van der Waals surface area contributed by atoms with Crippen molar-refractivity contribution in [2.24, 2.45) is 5.73 Å². The third kappa shape index (κ3) is 4.32. The third-order valence-corrected chi connectivity index (χ3v) is 6.01. The van der Waals surface area contributed by atoms with Gasteiger partial charge in [-0.25, -0.2) is 4.98 Å². The number of methoxy groups -OCH3 is 1. The van der Waals surface area contributed by atoms with Crippen molar-refractivity contribution < 1.29 is 17.9 Å². The van der Waals surface area contributed by atoms with Crippen LogP contribution in [0.2, 0.25) is 0 Å². The molecule has 1 aliphatic heterocycles. The second kappa shape index (κ2) is 7.83. The van der Waals surface area contributed by atoms with Crippen LogP contribution in [0.15, 0.2) is 12.1 Å². The van der Waals surface area contributed by atoms with E-state index < -0.39 is 11.8 Å². The highest BCUT2D eigenvalue weighted by Gasteiger charge is 2.56. The Morgan fingerprint density at radius 2 is 1.81 bits per heavy atom. The van der Waals surface area contributed by atoms with E-state index in [1.54, 1.807) is 0 Å². The molecule has 3 N–H and O–H groups in total. The Hall–Kier alpha value is -1.54. The Morgan fingerprint density at radius 3 is 2.33 bits per heavy atom. The number of nitrogens with one attached hydrogen (secondary N) is 1. The van der Waals surface area contributed by atoms with Gasteiger partial charge in [0.05, 0.1) is 11.4 Å². The maximum atomic E-state index is 13.3. The van der Waals surface area contributed by atoms with Crippen molar-refractivity contribution in [3.8, 4) is 0 Å². The van der Waals surface area contributed by atoms with Gasteiger partial charge < -0.3 is 20.7 Å². The van der Waals surface area contributed by atoms with Crippen LogP contribution in [0.25, 0.3) is 0 Å². The number of alkyl halides is 3. The number of nitrogens with zero attached hydrogens (tertiary/aromatic N) is 2. The summed E-state index contributed by atoms with van der Waals surface area (Å²) in [6, 6.07) is 4.57. The molecule has 3 rings (SSSR count). The summed E-state index contributed by atoms with van der Waals surface area (Å²) < 4.78 is 44.8. The predicted octanol–water partition coefficient (Wildman–Crippen LogP) is 3.62. The molecule has 2 aliphatic rings. The zero-order valence-electron chi connectivity index (χ0n) is 16.0. The number of nitrogens with two attached hydrogens (primary N) is 1. The smallest absolute Gasteiger partial charge is 0.381 e. The Morgan fingerprint density at radius 1 is 1.19 bits per heavy atom. The van der Waals surface area contributed by atoms with Gasteiger partial charge in [0.2, 0.25) is 0 Å². The van der Waals surface area contributed by atoms with Crippen molar-refractivity contribution >= 4 is 11.5 Å². The van der Waals surface area contributed by atoms with E-state index in [4.69, 9.17) is 10.5 Å². The molecule has 2 fully saturated rings. The van der Waals surface area contributed by atoms with Crippen molar-refractivity contribution in [1.82, 2.24) is 4.98 Å². The van der Waals surface area contributed by atoms with Crippen LogP contribution in [0, 0.1) is 6.92 Å². The number of rotatable bonds is 4. The fourth-order valence-corrected chi connectivity index (χ4v) is 4.06. The Labute approximate surface area is 158 Å². The number of hydrogen-bond acceptors (Lipinski definition) is 5.